The SMILES string of the molecule is CC(C)(Sc1nc(CCNC2c3ccc(-c4ccccc4)c2c3F)cs1)C(=O)O. The Hall–Kier alpha value is -2.22. The average molecular weight is 429 g/mol. The van der Waals surface area contributed by atoms with Crippen molar-refractivity contribution in [2.75, 3.05) is 6.54 Å². The number of carbonyl (C=O) groups is 1. The fourth-order valence-corrected chi connectivity index (χ4v) is 5.56. The number of carboxylic acid groups (broad SMARTS) is 1. The predicted molar refractivity (Wildman–Crippen MR) is 116 cm³/mol. The monoisotopic (exact) mass is 428 g/mol. The number of hydrogen-bond acceptors (Lipinski definition) is 5. The van der Waals surface area contributed by atoms with E-state index in [4.69, 9.17) is 0 Å². The lowest BCUT2D eigenvalue weighted by Gasteiger charge is -2.37. The van der Waals surface area contributed by atoms with Gasteiger partial charge in [-0.3, -0.25) is 4.79 Å². The van der Waals surface area contributed by atoms with Gasteiger partial charge in [0, 0.05) is 29.5 Å². The van der Waals surface area contributed by atoms with Crippen molar-refractivity contribution >= 4 is 34.6 Å². The van der Waals surface area contributed by atoms with E-state index in [0.717, 1.165) is 26.7 Å². The van der Waals surface area contributed by atoms with Crippen LogP contribution in [0.15, 0.2) is 69.2 Å². The lowest BCUT2D eigenvalue weighted by atomic mass is 9.74. The van der Waals surface area contributed by atoms with Crippen LogP contribution in [-0.4, -0.2) is 33.4 Å². The molecule has 2 aliphatic rings. The third-order valence-electron chi connectivity index (χ3n) is 5.01. The van der Waals surface area contributed by atoms with Gasteiger partial charge in [-0.15, -0.1) is 11.3 Å². The van der Waals surface area contributed by atoms with E-state index in [1.165, 1.54) is 23.1 Å². The van der Waals surface area contributed by atoms with Gasteiger partial charge in [-0.2, -0.15) is 0 Å². The zero-order chi connectivity index (χ0) is 20.6. The quantitative estimate of drug-likeness (QED) is 0.588. The number of hydrogen-bond donors (Lipinski definition) is 2. The number of carboxylic acids is 1. The van der Waals surface area contributed by atoms with Gasteiger partial charge in [-0.05, 0) is 25.0 Å². The second-order valence-electron chi connectivity index (χ2n) is 7.46. The predicted octanol–water partition coefficient (Wildman–Crippen LogP) is 4.86. The molecule has 29 heavy (non-hydrogen) atoms. The van der Waals surface area contributed by atoms with E-state index < -0.39 is 10.7 Å². The van der Waals surface area contributed by atoms with Gasteiger partial charge in [-0.1, -0.05) is 54.2 Å². The first-order valence-corrected chi connectivity index (χ1v) is 11.0. The summed E-state index contributed by atoms with van der Waals surface area (Å²) in [5.74, 6) is -0.976. The van der Waals surface area contributed by atoms with Crippen molar-refractivity contribution in [3.8, 4) is 0 Å². The Kier molecular flexibility index (Phi) is 5.46. The van der Waals surface area contributed by atoms with E-state index in [1.807, 2.05) is 47.9 Å². The number of aromatic nitrogens is 1. The molecule has 2 aromatic rings. The van der Waals surface area contributed by atoms with Gasteiger partial charge < -0.3 is 10.4 Å². The Bertz CT molecular complexity index is 1040. The number of nitrogens with one attached hydrogen (secondary N) is 1. The van der Waals surface area contributed by atoms with Gasteiger partial charge in [0.25, 0.3) is 0 Å². The molecule has 1 aromatic carbocycles. The van der Waals surface area contributed by atoms with Crippen molar-refractivity contribution in [1.82, 2.24) is 10.3 Å². The van der Waals surface area contributed by atoms with Gasteiger partial charge in [0.05, 0.1) is 11.7 Å². The average Bonchev–Trinajstić information content (AvgIpc) is 3.14. The Labute approximate surface area is 177 Å². The standard InChI is InChI=1S/C22H21FN2O2S2/c1-22(2,20(26)27)29-21-25-14(12-28-21)10-11-24-19-16-9-8-15(17(19)18(16)23)13-6-4-3-5-7-13/h3-9,12,19,24H,10-11H2,1-2H3,(H,26,27). The molecule has 0 fully saturated rings. The zero-order valence-corrected chi connectivity index (χ0v) is 17.7. The minimum absolute atomic E-state index is 0.0892. The van der Waals surface area contributed by atoms with E-state index in [0.29, 0.717) is 18.5 Å². The van der Waals surface area contributed by atoms with Gasteiger partial charge in [-0.25, -0.2) is 9.37 Å². The molecule has 1 aromatic heterocycles. The van der Waals surface area contributed by atoms with Crippen molar-refractivity contribution in [1.29, 1.82) is 0 Å². The molecule has 4 nitrogen and oxygen atoms in total. The topological polar surface area (TPSA) is 62.2 Å². The summed E-state index contributed by atoms with van der Waals surface area (Å²) in [5, 5.41) is 14.6. The van der Waals surface area contributed by atoms with Gasteiger partial charge in [0.2, 0.25) is 0 Å². The first-order chi connectivity index (χ1) is 13.9. The third-order valence-corrected chi connectivity index (χ3v) is 7.18. The largest absolute Gasteiger partial charge is 0.480 e. The van der Waals surface area contributed by atoms with E-state index in [1.54, 1.807) is 13.8 Å². The Balaban J connectivity index is 1.35. The van der Waals surface area contributed by atoms with Crippen LogP contribution in [0.3, 0.4) is 0 Å². The summed E-state index contributed by atoms with van der Waals surface area (Å²) in [6.07, 6.45) is 4.54. The molecule has 150 valence electrons. The number of fused-ring (bicyclic) bond motifs is 2. The lowest BCUT2D eigenvalue weighted by Crippen LogP contribution is -2.42. The summed E-state index contributed by atoms with van der Waals surface area (Å²) in [4.78, 5) is 15.8. The van der Waals surface area contributed by atoms with E-state index in [-0.39, 0.29) is 11.9 Å². The van der Waals surface area contributed by atoms with Gasteiger partial charge in [0.1, 0.15) is 10.6 Å². The Morgan fingerprint density at radius 3 is 2.76 bits per heavy atom. The highest BCUT2D eigenvalue weighted by molar-refractivity contribution is 8.02. The van der Waals surface area contributed by atoms with Crippen LogP contribution in [0, 0.1) is 0 Å². The minimum atomic E-state index is -0.909. The lowest BCUT2D eigenvalue weighted by molar-refractivity contribution is -0.138. The fraction of sp³-hybridized carbons (Fsp3) is 0.273. The maximum atomic E-state index is 14.5. The molecule has 0 saturated heterocycles. The van der Waals surface area contributed by atoms with Crippen LogP contribution >= 0.6 is 23.1 Å². The van der Waals surface area contributed by atoms with Crippen LogP contribution < -0.4 is 5.32 Å². The van der Waals surface area contributed by atoms with Crippen molar-refractivity contribution in [3.05, 3.63) is 76.1 Å². The summed E-state index contributed by atoms with van der Waals surface area (Å²) < 4.78 is 14.3. The second kappa shape index (κ2) is 7.89. The van der Waals surface area contributed by atoms with E-state index in [2.05, 4.69) is 10.3 Å². The first kappa shape index (κ1) is 20.1. The fourth-order valence-electron chi connectivity index (χ4n) is 3.33. The maximum absolute atomic E-state index is 14.5. The number of nitrogens with zero attached hydrogens (tertiary/aromatic N) is 1. The molecule has 2 aliphatic carbocycles. The molecule has 2 N–H and O–H groups in total. The Morgan fingerprint density at radius 1 is 1.31 bits per heavy atom. The molecule has 0 radical (unpaired) electrons. The number of allylic oxidation sites excluding steroid dienone is 2. The summed E-state index contributed by atoms with van der Waals surface area (Å²) >= 11 is 2.71. The van der Waals surface area contributed by atoms with Gasteiger partial charge >= 0.3 is 5.97 Å². The molecule has 1 heterocycles. The third kappa shape index (κ3) is 3.95. The first-order valence-electron chi connectivity index (χ1n) is 9.35. The van der Waals surface area contributed by atoms with E-state index >= 15 is 0 Å². The summed E-state index contributed by atoms with van der Waals surface area (Å²) in [6, 6.07) is 9.76. The summed E-state index contributed by atoms with van der Waals surface area (Å²) in [6.45, 7) is 4.01. The van der Waals surface area contributed by atoms with Crippen molar-refractivity contribution in [2.45, 2.75) is 35.4 Å². The van der Waals surface area contributed by atoms with Crippen LogP contribution in [0.1, 0.15) is 25.1 Å². The molecular formula is C22H21FN2O2S2. The van der Waals surface area contributed by atoms with Crippen LogP contribution in [0.25, 0.3) is 5.57 Å². The van der Waals surface area contributed by atoms with Crippen LogP contribution in [0.5, 0.6) is 0 Å². The highest BCUT2D eigenvalue weighted by Crippen LogP contribution is 2.46. The molecule has 0 saturated carbocycles. The van der Waals surface area contributed by atoms with Crippen LogP contribution in [0.2, 0.25) is 0 Å². The molecule has 0 amide bonds. The van der Waals surface area contributed by atoms with Gasteiger partial charge in [0.15, 0.2) is 4.34 Å². The minimum Gasteiger partial charge on any atom is -0.480 e. The molecule has 0 spiro atoms. The molecule has 7 heteroatoms. The van der Waals surface area contributed by atoms with Crippen LogP contribution in [0.4, 0.5) is 4.39 Å². The Morgan fingerprint density at radius 2 is 2.07 bits per heavy atom. The van der Waals surface area contributed by atoms with Crippen LogP contribution in [-0.2, 0) is 11.2 Å². The van der Waals surface area contributed by atoms with Crippen molar-refractivity contribution < 1.29 is 14.3 Å². The molecule has 0 aliphatic heterocycles. The number of thioether (sulfide) groups is 1. The highest BCUT2D eigenvalue weighted by atomic mass is 32.2. The summed E-state index contributed by atoms with van der Waals surface area (Å²) in [5.41, 5.74) is 4.29. The van der Waals surface area contributed by atoms with Crippen molar-refractivity contribution in [2.24, 2.45) is 0 Å². The number of halogens is 1. The zero-order valence-electron chi connectivity index (χ0n) is 16.1. The van der Waals surface area contributed by atoms with Crippen molar-refractivity contribution in [3.63, 3.8) is 0 Å². The second-order valence-corrected chi connectivity index (χ2v) is 10.2. The normalized spacial score (nSPS) is 18.2. The maximum Gasteiger partial charge on any atom is 0.319 e. The molecule has 2 bridgehead atoms. The molecule has 1 atom stereocenters. The number of rotatable bonds is 8. The number of benzene rings is 1. The van der Waals surface area contributed by atoms with E-state index in [9.17, 15) is 14.3 Å². The molecule has 1 unspecified atom stereocenters. The summed E-state index contributed by atoms with van der Waals surface area (Å²) in [7, 11) is 0. The number of aliphatic carboxylic acids is 1. The highest BCUT2D eigenvalue weighted by Gasteiger charge is 2.39. The smallest absolute Gasteiger partial charge is 0.319 e. The number of thiazole rings is 1. The molecule has 4 rings (SSSR count). The molecular weight excluding hydrogens is 407 g/mol.